The quantitative estimate of drug-likeness (QED) is 0.733. The van der Waals surface area contributed by atoms with Crippen LogP contribution in [-0.4, -0.2) is 78.5 Å². The van der Waals surface area contributed by atoms with Crippen LogP contribution in [0.15, 0.2) is 0 Å². The van der Waals surface area contributed by atoms with Crippen molar-refractivity contribution in [3.05, 3.63) is 0 Å². The van der Waals surface area contributed by atoms with Crippen LogP contribution >= 0.6 is 0 Å². The van der Waals surface area contributed by atoms with E-state index in [9.17, 15) is 9.59 Å². The second-order valence-corrected chi connectivity index (χ2v) is 4.74. The summed E-state index contributed by atoms with van der Waals surface area (Å²) in [5.74, 6) is -0.963. The highest BCUT2D eigenvalue weighted by Gasteiger charge is 2.34. The van der Waals surface area contributed by atoms with E-state index in [1.54, 1.807) is 0 Å². The zero-order chi connectivity index (χ0) is 14.5. The Balaban J connectivity index is 2.01. The highest BCUT2D eigenvalue weighted by Crippen LogP contribution is 2.15. The number of morpholine rings is 2. The summed E-state index contributed by atoms with van der Waals surface area (Å²) in [5.41, 5.74) is 0. The van der Waals surface area contributed by atoms with E-state index in [1.165, 1.54) is 9.80 Å². The van der Waals surface area contributed by atoms with Gasteiger partial charge in [-0.2, -0.15) is 5.26 Å². The number of carbonyl (C=O) groups excluding carboxylic acids is 1. The first-order chi connectivity index (χ1) is 9.61. The molecule has 0 bridgehead atoms. The number of carboxylic acid groups (broad SMARTS) is 1. The van der Waals surface area contributed by atoms with E-state index in [4.69, 9.17) is 19.8 Å². The van der Waals surface area contributed by atoms with Crippen LogP contribution in [0.4, 0.5) is 4.79 Å². The lowest BCUT2D eigenvalue weighted by atomic mass is 10.1. The fourth-order valence-electron chi connectivity index (χ4n) is 2.36. The van der Waals surface area contributed by atoms with Crippen LogP contribution < -0.4 is 0 Å². The molecule has 0 aromatic carbocycles. The lowest BCUT2D eigenvalue weighted by molar-refractivity contribution is -0.139. The number of hydrogen-bond donors (Lipinski definition) is 1. The first-order valence-electron chi connectivity index (χ1n) is 6.48. The normalized spacial score (nSPS) is 26.9. The van der Waals surface area contributed by atoms with Crippen molar-refractivity contribution in [2.24, 2.45) is 0 Å². The number of aliphatic carboxylic acids is 1. The average Bonchev–Trinajstić information content (AvgIpc) is 2.46. The summed E-state index contributed by atoms with van der Waals surface area (Å²) >= 11 is 0. The molecule has 2 fully saturated rings. The topological polar surface area (TPSA) is 103 Å². The predicted molar refractivity (Wildman–Crippen MR) is 65.9 cm³/mol. The van der Waals surface area contributed by atoms with Crippen molar-refractivity contribution in [2.45, 2.75) is 18.6 Å². The Bertz CT molecular complexity index is 422. The van der Waals surface area contributed by atoms with Crippen LogP contribution in [0.1, 0.15) is 6.42 Å². The third kappa shape index (κ3) is 3.37. The molecule has 0 aromatic rings. The predicted octanol–water partition coefficient (Wildman–Crippen LogP) is -0.494. The first kappa shape index (κ1) is 14.6. The van der Waals surface area contributed by atoms with E-state index in [-0.39, 0.29) is 25.6 Å². The van der Waals surface area contributed by atoms with Gasteiger partial charge in [-0.15, -0.1) is 0 Å². The molecule has 0 aromatic heterocycles. The van der Waals surface area contributed by atoms with Crippen molar-refractivity contribution in [3.63, 3.8) is 0 Å². The molecule has 0 saturated carbocycles. The third-order valence-corrected chi connectivity index (χ3v) is 3.36. The van der Waals surface area contributed by atoms with Crippen LogP contribution in [0.5, 0.6) is 0 Å². The number of nitriles is 1. The van der Waals surface area contributed by atoms with Gasteiger partial charge in [0, 0.05) is 13.1 Å². The number of ether oxygens (including phenoxy) is 2. The van der Waals surface area contributed by atoms with Gasteiger partial charge < -0.3 is 24.4 Å². The average molecular weight is 283 g/mol. The molecule has 1 N–H and O–H groups in total. The molecule has 0 radical (unpaired) electrons. The first-order valence-corrected chi connectivity index (χ1v) is 6.48. The number of nitrogens with zero attached hydrogens (tertiary/aromatic N) is 3. The second kappa shape index (κ2) is 6.54. The molecule has 0 spiro atoms. The van der Waals surface area contributed by atoms with Gasteiger partial charge in [-0.1, -0.05) is 0 Å². The van der Waals surface area contributed by atoms with Crippen LogP contribution in [0, 0.1) is 11.3 Å². The summed E-state index contributed by atoms with van der Waals surface area (Å²) in [4.78, 5) is 26.3. The minimum absolute atomic E-state index is 0.141. The van der Waals surface area contributed by atoms with E-state index in [0.29, 0.717) is 26.3 Å². The molecular weight excluding hydrogens is 266 g/mol. The van der Waals surface area contributed by atoms with Crippen LogP contribution in [0.25, 0.3) is 0 Å². The maximum atomic E-state index is 12.4. The van der Waals surface area contributed by atoms with Crippen molar-refractivity contribution in [1.29, 1.82) is 5.26 Å². The summed E-state index contributed by atoms with van der Waals surface area (Å²) in [6.07, 6.45) is -0.760. The number of rotatable bonds is 2. The minimum atomic E-state index is -0.963. The molecule has 2 heterocycles. The SMILES string of the molecule is N#CC1CN(C(=O)N2CCOCC2CC(=O)O)CCO1. The van der Waals surface area contributed by atoms with Gasteiger partial charge in [0.1, 0.15) is 0 Å². The van der Waals surface area contributed by atoms with Crippen LogP contribution in [0.2, 0.25) is 0 Å². The molecule has 2 rings (SSSR count). The molecule has 2 saturated heterocycles. The zero-order valence-electron chi connectivity index (χ0n) is 11.0. The number of hydrogen-bond acceptors (Lipinski definition) is 5. The monoisotopic (exact) mass is 283 g/mol. The smallest absolute Gasteiger partial charge is 0.320 e. The molecule has 2 aliphatic rings. The van der Waals surface area contributed by atoms with E-state index in [0.717, 1.165) is 0 Å². The van der Waals surface area contributed by atoms with Crippen molar-refractivity contribution < 1.29 is 24.2 Å². The molecule has 2 aliphatic heterocycles. The lowest BCUT2D eigenvalue weighted by Crippen LogP contribution is -2.57. The Morgan fingerprint density at radius 3 is 2.85 bits per heavy atom. The Hall–Kier alpha value is -1.85. The summed E-state index contributed by atoms with van der Waals surface area (Å²) in [7, 11) is 0. The van der Waals surface area contributed by atoms with Crippen LogP contribution in [0.3, 0.4) is 0 Å². The molecular formula is C12H17N3O5. The molecule has 20 heavy (non-hydrogen) atoms. The minimum Gasteiger partial charge on any atom is -0.481 e. The second-order valence-electron chi connectivity index (χ2n) is 4.74. The van der Waals surface area contributed by atoms with Gasteiger partial charge >= 0.3 is 12.0 Å². The fourth-order valence-corrected chi connectivity index (χ4v) is 2.36. The number of urea groups is 1. The largest absolute Gasteiger partial charge is 0.481 e. The summed E-state index contributed by atoms with van der Waals surface area (Å²) in [5, 5.41) is 17.7. The number of carbonyl (C=O) groups is 2. The molecule has 2 atom stereocenters. The molecule has 2 unspecified atom stereocenters. The maximum Gasteiger partial charge on any atom is 0.320 e. The van der Waals surface area contributed by atoms with Gasteiger partial charge in [0.05, 0.1) is 44.9 Å². The van der Waals surface area contributed by atoms with E-state index >= 15 is 0 Å². The Kier molecular flexibility index (Phi) is 4.76. The molecule has 0 aliphatic carbocycles. The van der Waals surface area contributed by atoms with Gasteiger partial charge in [-0.3, -0.25) is 4.79 Å². The standard InChI is InChI=1S/C12H17N3O5/c13-6-10-7-14(1-4-20-10)12(18)15-2-3-19-8-9(15)5-11(16)17/h9-10H,1-5,7-8H2,(H,16,17). The maximum absolute atomic E-state index is 12.4. The highest BCUT2D eigenvalue weighted by molar-refractivity contribution is 5.76. The molecule has 8 heteroatoms. The summed E-state index contributed by atoms with van der Waals surface area (Å²) < 4.78 is 10.4. The zero-order valence-corrected chi connectivity index (χ0v) is 11.0. The van der Waals surface area contributed by atoms with Gasteiger partial charge in [0.15, 0.2) is 6.10 Å². The van der Waals surface area contributed by atoms with Gasteiger partial charge in [0.25, 0.3) is 0 Å². The summed E-state index contributed by atoms with van der Waals surface area (Å²) in [6, 6.07) is 1.27. The van der Waals surface area contributed by atoms with E-state index in [1.807, 2.05) is 6.07 Å². The lowest BCUT2D eigenvalue weighted by Gasteiger charge is -2.40. The van der Waals surface area contributed by atoms with Gasteiger partial charge in [0.2, 0.25) is 0 Å². The van der Waals surface area contributed by atoms with Crippen molar-refractivity contribution >= 4 is 12.0 Å². The van der Waals surface area contributed by atoms with Crippen molar-refractivity contribution in [3.8, 4) is 6.07 Å². The Morgan fingerprint density at radius 2 is 2.15 bits per heavy atom. The van der Waals surface area contributed by atoms with Gasteiger partial charge in [-0.25, -0.2) is 4.79 Å². The van der Waals surface area contributed by atoms with E-state index in [2.05, 4.69) is 0 Å². The fraction of sp³-hybridized carbons (Fsp3) is 0.750. The Morgan fingerprint density at radius 1 is 1.35 bits per heavy atom. The van der Waals surface area contributed by atoms with Crippen LogP contribution in [-0.2, 0) is 14.3 Å². The van der Waals surface area contributed by atoms with Gasteiger partial charge in [-0.05, 0) is 0 Å². The molecule has 2 amide bonds. The summed E-state index contributed by atoms with van der Waals surface area (Å²) in [6.45, 7) is 1.93. The van der Waals surface area contributed by atoms with Crippen molar-refractivity contribution in [2.75, 3.05) is 39.5 Å². The number of amides is 2. The molecule has 110 valence electrons. The highest BCUT2D eigenvalue weighted by atomic mass is 16.5. The van der Waals surface area contributed by atoms with Crippen molar-refractivity contribution in [1.82, 2.24) is 9.80 Å². The number of carboxylic acids is 1. The third-order valence-electron chi connectivity index (χ3n) is 3.36. The van der Waals surface area contributed by atoms with E-state index < -0.39 is 18.1 Å². The Labute approximate surface area is 116 Å². The molecule has 8 nitrogen and oxygen atoms in total.